The third-order valence-electron chi connectivity index (χ3n) is 14.0. The number of rotatable bonds is 56. The van der Waals surface area contributed by atoms with Gasteiger partial charge in [0.1, 0.15) is 0 Å². The van der Waals surface area contributed by atoms with E-state index in [-0.39, 0.29) is 18.5 Å². The van der Waals surface area contributed by atoms with E-state index in [0.29, 0.717) is 19.4 Å². The fourth-order valence-electron chi connectivity index (χ4n) is 9.34. The molecular weight excluding hydrogens is 827 g/mol. The fraction of sp³-hybridized carbons (Fsp3) is 0.902. The predicted octanol–water partition coefficient (Wildman–Crippen LogP) is 18.6. The van der Waals surface area contributed by atoms with Crippen molar-refractivity contribution in [2.75, 3.05) is 13.2 Å². The number of carbonyl (C=O) groups is 2. The van der Waals surface area contributed by atoms with E-state index in [0.717, 1.165) is 57.8 Å². The summed E-state index contributed by atoms with van der Waals surface area (Å²) in [4.78, 5) is 24.5. The number of carbonyl (C=O) groups excluding carboxylic acids is 2. The Bertz CT molecular complexity index is 1040. The summed E-state index contributed by atoms with van der Waals surface area (Å²) in [5.74, 6) is -0.0942. The molecule has 0 aromatic rings. The van der Waals surface area contributed by atoms with Crippen LogP contribution in [0.2, 0.25) is 0 Å². The van der Waals surface area contributed by atoms with Gasteiger partial charge in [-0.25, -0.2) is 0 Å². The minimum absolute atomic E-state index is 0.0163. The molecule has 6 nitrogen and oxygen atoms in total. The molecule has 0 aliphatic rings. The van der Waals surface area contributed by atoms with Gasteiger partial charge in [-0.1, -0.05) is 282 Å². The van der Waals surface area contributed by atoms with Crippen LogP contribution in [0.4, 0.5) is 0 Å². The van der Waals surface area contributed by atoms with E-state index in [2.05, 4.69) is 31.3 Å². The van der Waals surface area contributed by atoms with Crippen LogP contribution in [0.25, 0.3) is 0 Å². The number of ether oxygens (including phenoxy) is 1. The van der Waals surface area contributed by atoms with E-state index in [9.17, 15) is 19.8 Å². The number of allylic oxidation sites excluding steroid dienone is 3. The van der Waals surface area contributed by atoms with E-state index in [1.54, 1.807) is 6.08 Å². The topological polar surface area (TPSA) is 95.9 Å². The first-order valence-corrected chi connectivity index (χ1v) is 30.1. The lowest BCUT2D eigenvalue weighted by atomic mass is 10.0. The van der Waals surface area contributed by atoms with Crippen molar-refractivity contribution < 1.29 is 24.5 Å². The Balaban J connectivity index is 3.48. The van der Waals surface area contributed by atoms with Crippen molar-refractivity contribution in [2.45, 2.75) is 341 Å². The molecule has 2 unspecified atom stereocenters. The highest BCUT2D eigenvalue weighted by atomic mass is 16.5. The first-order chi connectivity index (χ1) is 33.0. The van der Waals surface area contributed by atoms with E-state index >= 15 is 0 Å². The largest absolute Gasteiger partial charge is 0.466 e. The van der Waals surface area contributed by atoms with Crippen LogP contribution in [-0.4, -0.2) is 47.4 Å². The van der Waals surface area contributed by atoms with Gasteiger partial charge in [0.15, 0.2) is 0 Å². The van der Waals surface area contributed by atoms with Gasteiger partial charge in [-0.15, -0.1) is 0 Å². The standard InChI is InChI=1S/C61H117NO5/c1-3-5-7-9-11-13-15-17-18-19-20-21-22-23-24-25-26-27-28-30-33-37-41-45-49-53-59(64)58(57-63)62-60(65)54-50-46-42-38-34-31-29-32-36-40-44-48-52-56-67-61(66)55-51-47-43-39-35-16-14-12-10-8-6-4-2/h12,14,49,53,58-59,63-64H,3-11,13,15-48,50-52,54-57H2,1-2H3,(H,62,65)/b14-12-,53-49+. The van der Waals surface area contributed by atoms with Gasteiger partial charge in [-0.2, -0.15) is 0 Å². The maximum atomic E-state index is 12.5. The van der Waals surface area contributed by atoms with Gasteiger partial charge < -0.3 is 20.3 Å². The van der Waals surface area contributed by atoms with Crippen LogP contribution >= 0.6 is 0 Å². The Kier molecular flexibility index (Phi) is 55.5. The van der Waals surface area contributed by atoms with Crippen LogP contribution in [0.1, 0.15) is 328 Å². The molecule has 67 heavy (non-hydrogen) atoms. The van der Waals surface area contributed by atoms with Gasteiger partial charge in [0.25, 0.3) is 0 Å². The summed E-state index contributed by atoms with van der Waals surface area (Å²) in [6.07, 6.45) is 69.2. The van der Waals surface area contributed by atoms with Crippen molar-refractivity contribution in [2.24, 2.45) is 0 Å². The second-order valence-electron chi connectivity index (χ2n) is 20.7. The zero-order valence-electron chi connectivity index (χ0n) is 45.1. The minimum Gasteiger partial charge on any atom is -0.466 e. The lowest BCUT2D eigenvalue weighted by molar-refractivity contribution is -0.143. The quantitative estimate of drug-likeness (QED) is 0.0321. The lowest BCUT2D eigenvalue weighted by Crippen LogP contribution is -2.45. The van der Waals surface area contributed by atoms with E-state index in [1.165, 1.54) is 244 Å². The van der Waals surface area contributed by atoms with Gasteiger partial charge in [0.05, 0.1) is 25.4 Å². The molecule has 6 heteroatoms. The van der Waals surface area contributed by atoms with Gasteiger partial charge in [0, 0.05) is 12.8 Å². The fourth-order valence-corrected chi connectivity index (χ4v) is 9.34. The van der Waals surface area contributed by atoms with Gasteiger partial charge in [-0.3, -0.25) is 9.59 Å². The molecule has 0 aromatic carbocycles. The van der Waals surface area contributed by atoms with Crippen molar-refractivity contribution in [3.8, 4) is 0 Å². The summed E-state index contributed by atoms with van der Waals surface area (Å²) in [6.45, 7) is 4.87. The monoisotopic (exact) mass is 944 g/mol. The Labute approximate surface area is 418 Å². The molecule has 1 amide bonds. The van der Waals surface area contributed by atoms with E-state index < -0.39 is 12.1 Å². The summed E-state index contributed by atoms with van der Waals surface area (Å²) in [7, 11) is 0. The molecule has 3 N–H and O–H groups in total. The SMILES string of the molecule is CCCCC/C=C\CCCCCCCC(=O)OCCCCCCCCCCCCCCCC(=O)NC(CO)C(O)/C=C/CCCCCCCCCCCCCCCCCCCCCCCCC. The molecule has 0 fully saturated rings. The van der Waals surface area contributed by atoms with Gasteiger partial charge in [0.2, 0.25) is 5.91 Å². The van der Waals surface area contributed by atoms with Crippen molar-refractivity contribution in [3.63, 3.8) is 0 Å². The number of aliphatic hydroxyl groups excluding tert-OH is 2. The van der Waals surface area contributed by atoms with Crippen molar-refractivity contribution in [3.05, 3.63) is 24.3 Å². The minimum atomic E-state index is -0.854. The zero-order chi connectivity index (χ0) is 48.6. The molecule has 0 saturated carbocycles. The second kappa shape index (κ2) is 56.9. The molecule has 396 valence electrons. The highest BCUT2D eigenvalue weighted by Crippen LogP contribution is 2.17. The van der Waals surface area contributed by atoms with Gasteiger partial charge >= 0.3 is 5.97 Å². The first kappa shape index (κ1) is 65.3. The molecule has 0 saturated heterocycles. The second-order valence-corrected chi connectivity index (χ2v) is 20.7. The van der Waals surface area contributed by atoms with Crippen LogP contribution in [-0.2, 0) is 14.3 Å². The highest BCUT2D eigenvalue weighted by Gasteiger charge is 2.18. The van der Waals surface area contributed by atoms with Crippen molar-refractivity contribution in [1.82, 2.24) is 5.32 Å². The summed E-state index contributed by atoms with van der Waals surface area (Å²) < 4.78 is 5.45. The summed E-state index contributed by atoms with van der Waals surface area (Å²) in [5, 5.41) is 23.2. The number of esters is 1. The molecule has 0 bridgehead atoms. The number of amides is 1. The van der Waals surface area contributed by atoms with Crippen LogP contribution in [0.15, 0.2) is 24.3 Å². The zero-order valence-corrected chi connectivity index (χ0v) is 45.1. The molecule has 0 spiro atoms. The summed E-state index contributed by atoms with van der Waals surface area (Å²) >= 11 is 0. The Morgan fingerprint density at radius 2 is 0.701 bits per heavy atom. The Morgan fingerprint density at radius 3 is 1.09 bits per heavy atom. The van der Waals surface area contributed by atoms with E-state index in [4.69, 9.17) is 4.74 Å². The molecule has 0 heterocycles. The van der Waals surface area contributed by atoms with Crippen molar-refractivity contribution in [1.29, 1.82) is 0 Å². The third kappa shape index (κ3) is 53.5. The predicted molar refractivity (Wildman–Crippen MR) is 292 cm³/mol. The number of unbranched alkanes of at least 4 members (excludes halogenated alkanes) is 43. The number of hydrogen-bond acceptors (Lipinski definition) is 5. The highest BCUT2D eigenvalue weighted by molar-refractivity contribution is 5.76. The molecule has 2 atom stereocenters. The maximum absolute atomic E-state index is 12.5. The molecule has 0 aliphatic carbocycles. The van der Waals surface area contributed by atoms with Crippen LogP contribution in [0.3, 0.4) is 0 Å². The average Bonchev–Trinajstić information content (AvgIpc) is 3.33. The lowest BCUT2D eigenvalue weighted by Gasteiger charge is -2.20. The Morgan fingerprint density at radius 1 is 0.403 bits per heavy atom. The average molecular weight is 945 g/mol. The summed E-state index contributed by atoms with van der Waals surface area (Å²) in [5.41, 5.74) is 0. The number of aliphatic hydroxyl groups is 2. The van der Waals surface area contributed by atoms with Gasteiger partial charge in [-0.05, 0) is 57.8 Å². The maximum Gasteiger partial charge on any atom is 0.305 e. The number of hydrogen-bond donors (Lipinski definition) is 3. The molecule has 0 aromatic heterocycles. The summed E-state index contributed by atoms with van der Waals surface area (Å²) in [6, 6.07) is -0.639. The van der Waals surface area contributed by atoms with Crippen LogP contribution < -0.4 is 5.32 Å². The van der Waals surface area contributed by atoms with Crippen LogP contribution in [0.5, 0.6) is 0 Å². The molecule has 0 rings (SSSR count). The third-order valence-corrected chi connectivity index (χ3v) is 14.0. The smallest absolute Gasteiger partial charge is 0.305 e. The van der Waals surface area contributed by atoms with Crippen LogP contribution in [0, 0.1) is 0 Å². The first-order valence-electron chi connectivity index (χ1n) is 30.1. The number of nitrogens with one attached hydrogen (secondary N) is 1. The van der Waals surface area contributed by atoms with E-state index in [1.807, 2.05) is 6.08 Å². The normalized spacial score (nSPS) is 12.7. The molecule has 0 aliphatic heterocycles. The molecular formula is C61H117NO5. The van der Waals surface area contributed by atoms with Crippen molar-refractivity contribution >= 4 is 11.9 Å². The molecule has 0 radical (unpaired) electrons. The Hall–Kier alpha value is -1.66.